The minimum Gasteiger partial charge on any atom is -0.432 e. The Bertz CT molecular complexity index is 296. The van der Waals surface area contributed by atoms with E-state index in [-0.39, 0.29) is 19.0 Å². The topological polar surface area (TPSA) is 35.2 Å². The van der Waals surface area contributed by atoms with Crippen LogP contribution >= 0.6 is 12.4 Å². The van der Waals surface area contributed by atoms with E-state index in [9.17, 15) is 13.2 Å². The van der Waals surface area contributed by atoms with Crippen LogP contribution in [0.15, 0.2) is 18.2 Å². The van der Waals surface area contributed by atoms with E-state index in [0.29, 0.717) is 5.56 Å². The molecule has 0 aromatic heterocycles. The average Bonchev–Trinajstić information content (AvgIpc) is 2.08. The van der Waals surface area contributed by atoms with Crippen molar-refractivity contribution in [3.63, 3.8) is 0 Å². The molecule has 14 heavy (non-hydrogen) atoms. The van der Waals surface area contributed by atoms with E-state index in [1.807, 2.05) is 0 Å². The molecule has 0 heterocycles. The van der Waals surface area contributed by atoms with Crippen LogP contribution in [-0.4, -0.2) is 6.61 Å². The van der Waals surface area contributed by atoms with Gasteiger partial charge in [-0.15, -0.1) is 12.4 Å². The average molecular weight is 228 g/mol. The van der Waals surface area contributed by atoms with Gasteiger partial charge in [0.15, 0.2) is 11.6 Å². The summed E-state index contributed by atoms with van der Waals surface area (Å²) in [4.78, 5) is 0. The van der Waals surface area contributed by atoms with Crippen LogP contribution in [0.25, 0.3) is 0 Å². The maximum atomic E-state index is 12.8. The van der Waals surface area contributed by atoms with Gasteiger partial charge in [0, 0.05) is 6.54 Å². The molecule has 0 radical (unpaired) electrons. The van der Waals surface area contributed by atoms with E-state index >= 15 is 0 Å². The Balaban J connectivity index is 0.00000169. The first-order chi connectivity index (χ1) is 6.13. The van der Waals surface area contributed by atoms with Crippen LogP contribution in [0.3, 0.4) is 0 Å². The lowest BCUT2D eigenvalue weighted by molar-refractivity contribution is -0.0522. The Morgan fingerprint density at radius 3 is 2.50 bits per heavy atom. The monoisotopic (exact) mass is 227 g/mol. The highest BCUT2D eigenvalue weighted by atomic mass is 35.5. The molecular weight excluding hydrogens is 219 g/mol. The van der Waals surface area contributed by atoms with Crippen LogP contribution in [0.2, 0.25) is 0 Å². The number of nitrogens with two attached hydrogens (primary N) is 1. The number of hydrogen-bond donors (Lipinski definition) is 1. The molecule has 1 rings (SSSR count). The van der Waals surface area contributed by atoms with Crippen molar-refractivity contribution in [2.45, 2.75) is 13.2 Å². The number of hydrogen-bond acceptors (Lipinski definition) is 2. The molecule has 0 unspecified atom stereocenters. The van der Waals surface area contributed by atoms with Gasteiger partial charge in [-0.2, -0.15) is 8.78 Å². The van der Waals surface area contributed by atoms with E-state index in [1.165, 1.54) is 6.07 Å². The molecule has 2 nitrogen and oxygen atoms in total. The summed E-state index contributed by atoms with van der Waals surface area (Å²) in [5.74, 6) is -1.30. The first-order valence-corrected chi connectivity index (χ1v) is 3.57. The van der Waals surface area contributed by atoms with Gasteiger partial charge >= 0.3 is 6.61 Å². The third-order valence-electron chi connectivity index (χ3n) is 1.45. The van der Waals surface area contributed by atoms with Crippen molar-refractivity contribution in [3.05, 3.63) is 29.6 Å². The summed E-state index contributed by atoms with van der Waals surface area (Å²) < 4.78 is 40.1. The van der Waals surface area contributed by atoms with Gasteiger partial charge in [0.1, 0.15) is 0 Å². The number of benzene rings is 1. The molecule has 1 aromatic rings. The third-order valence-corrected chi connectivity index (χ3v) is 1.45. The molecule has 0 aliphatic rings. The van der Waals surface area contributed by atoms with Crippen molar-refractivity contribution in [3.8, 4) is 5.75 Å². The Hall–Kier alpha value is -0.940. The number of alkyl halides is 2. The zero-order chi connectivity index (χ0) is 9.84. The Kier molecular flexibility index (Phi) is 5.34. The number of halogens is 4. The molecule has 0 saturated heterocycles. The number of ether oxygens (including phenoxy) is 1. The largest absolute Gasteiger partial charge is 0.432 e. The van der Waals surface area contributed by atoms with Gasteiger partial charge in [-0.05, 0) is 17.7 Å². The number of rotatable bonds is 3. The quantitative estimate of drug-likeness (QED) is 0.860. The van der Waals surface area contributed by atoms with Crippen molar-refractivity contribution in [1.29, 1.82) is 0 Å². The molecular formula is C8H9ClF3NO. The van der Waals surface area contributed by atoms with E-state index in [0.717, 1.165) is 12.1 Å². The van der Waals surface area contributed by atoms with Crippen LogP contribution in [-0.2, 0) is 6.54 Å². The van der Waals surface area contributed by atoms with Crippen molar-refractivity contribution < 1.29 is 17.9 Å². The lowest BCUT2D eigenvalue weighted by atomic mass is 10.2. The normalized spacial score (nSPS) is 9.79. The van der Waals surface area contributed by atoms with Crippen molar-refractivity contribution in [2.75, 3.05) is 0 Å². The molecule has 0 fully saturated rings. The molecule has 0 spiro atoms. The van der Waals surface area contributed by atoms with Gasteiger partial charge in [-0.3, -0.25) is 0 Å². The lowest BCUT2D eigenvalue weighted by Crippen LogP contribution is -2.05. The molecule has 80 valence electrons. The first-order valence-electron chi connectivity index (χ1n) is 3.57. The van der Waals surface area contributed by atoms with Crippen molar-refractivity contribution in [1.82, 2.24) is 0 Å². The fourth-order valence-electron chi connectivity index (χ4n) is 0.861. The second-order valence-electron chi connectivity index (χ2n) is 2.35. The first kappa shape index (κ1) is 13.1. The molecule has 2 N–H and O–H groups in total. The highest BCUT2D eigenvalue weighted by Crippen LogP contribution is 2.20. The van der Waals surface area contributed by atoms with E-state index in [1.54, 1.807) is 0 Å². The standard InChI is InChI=1S/C8H8F3NO.ClH/c9-6-2-1-5(4-12)3-7(6)13-8(10)11;/h1-3,8H,4,12H2;1H. The van der Waals surface area contributed by atoms with Crippen LogP contribution in [0, 0.1) is 5.82 Å². The molecule has 0 atom stereocenters. The Morgan fingerprint density at radius 2 is 2.00 bits per heavy atom. The second-order valence-corrected chi connectivity index (χ2v) is 2.35. The maximum Gasteiger partial charge on any atom is 0.387 e. The molecule has 0 amide bonds. The maximum absolute atomic E-state index is 12.8. The van der Waals surface area contributed by atoms with Crippen LogP contribution < -0.4 is 10.5 Å². The minimum absolute atomic E-state index is 0. The summed E-state index contributed by atoms with van der Waals surface area (Å²) in [6, 6.07) is 3.61. The highest BCUT2D eigenvalue weighted by Gasteiger charge is 2.09. The van der Waals surface area contributed by atoms with E-state index in [4.69, 9.17) is 5.73 Å². The smallest absolute Gasteiger partial charge is 0.387 e. The summed E-state index contributed by atoms with van der Waals surface area (Å²) in [6.07, 6.45) is 0. The van der Waals surface area contributed by atoms with Gasteiger partial charge in [0.25, 0.3) is 0 Å². The molecule has 0 aliphatic heterocycles. The summed E-state index contributed by atoms with van der Waals surface area (Å²) in [5.41, 5.74) is 5.77. The second kappa shape index (κ2) is 5.72. The van der Waals surface area contributed by atoms with Gasteiger partial charge < -0.3 is 10.5 Å². The van der Waals surface area contributed by atoms with Crippen LogP contribution in [0.4, 0.5) is 13.2 Å². The van der Waals surface area contributed by atoms with Crippen molar-refractivity contribution in [2.24, 2.45) is 5.73 Å². The van der Waals surface area contributed by atoms with E-state index < -0.39 is 18.2 Å². The zero-order valence-corrected chi connectivity index (χ0v) is 7.86. The fourth-order valence-corrected chi connectivity index (χ4v) is 0.861. The SMILES string of the molecule is Cl.NCc1ccc(F)c(OC(F)F)c1. The molecule has 0 saturated carbocycles. The summed E-state index contributed by atoms with van der Waals surface area (Å²) in [5, 5.41) is 0. The fraction of sp³-hybridized carbons (Fsp3) is 0.250. The minimum atomic E-state index is -3.03. The lowest BCUT2D eigenvalue weighted by Gasteiger charge is -2.06. The highest BCUT2D eigenvalue weighted by molar-refractivity contribution is 5.85. The van der Waals surface area contributed by atoms with Gasteiger partial charge in [-0.1, -0.05) is 6.07 Å². The van der Waals surface area contributed by atoms with Gasteiger partial charge in [0.05, 0.1) is 0 Å². The Morgan fingerprint density at radius 1 is 1.36 bits per heavy atom. The molecule has 0 bridgehead atoms. The third kappa shape index (κ3) is 3.43. The van der Waals surface area contributed by atoms with Crippen molar-refractivity contribution >= 4 is 12.4 Å². The summed E-state index contributed by atoms with van der Waals surface area (Å²) >= 11 is 0. The van der Waals surface area contributed by atoms with Gasteiger partial charge in [-0.25, -0.2) is 4.39 Å². The summed E-state index contributed by atoms with van der Waals surface area (Å²) in [7, 11) is 0. The zero-order valence-electron chi connectivity index (χ0n) is 7.04. The molecule has 1 aromatic carbocycles. The summed E-state index contributed by atoms with van der Waals surface area (Å²) in [6.45, 7) is -2.87. The molecule has 0 aliphatic carbocycles. The van der Waals surface area contributed by atoms with Crippen LogP contribution in [0.5, 0.6) is 5.75 Å². The predicted molar refractivity (Wildman–Crippen MR) is 48.2 cm³/mol. The van der Waals surface area contributed by atoms with Gasteiger partial charge in [0.2, 0.25) is 0 Å². The molecule has 6 heteroatoms. The predicted octanol–water partition coefficient (Wildman–Crippen LogP) is 2.31. The van der Waals surface area contributed by atoms with E-state index in [2.05, 4.69) is 4.74 Å². The van der Waals surface area contributed by atoms with Crippen LogP contribution in [0.1, 0.15) is 5.56 Å². The Labute approximate surface area is 85.3 Å².